The largest absolute Gasteiger partial charge is 0.356 e. The lowest BCUT2D eigenvalue weighted by molar-refractivity contribution is 0.473. The van der Waals surface area contributed by atoms with Crippen LogP contribution in [-0.2, 0) is 13.1 Å². The molecule has 0 saturated heterocycles. The number of aryl methyl sites for hydroxylation is 2. The van der Waals surface area contributed by atoms with Gasteiger partial charge in [-0.2, -0.15) is 0 Å². The van der Waals surface area contributed by atoms with E-state index in [1.807, 2.05) is 19.2 Å². The number of nitrogens with one attached hydrogen (secondary N) is 1. The molecule has 0 radical (unpaired) electrons. The van der Waals surface area contributed by atoms with Crippen LogP contribution >= 0.6 is 0 Å². The molecule has 136 valence electrons. The molecule has 1 heterocycles. The number of guanidine groups is 1. The summed E-state index contributed by atoms with van der Waals surface area (Å²) in [6, 6.07) is 18.7. The molecule has 0 amide bonds. The summed E-state index contributed by atoms with van der Waals surface area (Å²) in [7, 11) is 3.90. The second-order valence-electron chi connectivity index (χ2n) is 6.47. The standard InChI is InChI=1S/C21H27N5/c1-17-24-19-12-7-8-13-20(19)26(17)15-9-14-23-21(22-2)25(3)16-18-10-5-4-6-11-18/h4-8,10-13H,9,14-16H2,1-3H3,(H,22,23). The Hall–Kier alpha value is -2.82. The number of benzene rings is 2. The van der Waals surface area contributed by atoms with Gasteiger partial charge in [0.1, 0.15) is 5.82 Å². The minimum absolute atomic E-state index is 0.839. The Balaban J connectivity index is 1.52. The fourth-order valence-corrected chi connectivity index (χ4v) is 3.23. The van der Waals surface area contributed by atoms with Crippen LogP contribution in [0.1, 0.15) is 17.8 Å². The van der Waals surface area contributed by atoms with Gasteiger partial charge in [0.25, 0.3) is 0 Å². The zero-order valence-electron chi connectivity index (χ0n) is 15.8. The van der Waals surface area contributed by atoms with Gasteiger partial charge in [-0.1, -0.05) is 42.5 Å². The lowest BCUT2D eigenvalue weighted by Gasteiger charge is -2.22. The van der Waals surface area contributed by atoms with Crippen LogP contribution in [0.3, 0.4) is 0 Å². The third-order valence-electron chi connectivity index (χ3n) is 4.52. The number of aromatic nitrogens is 2. The summed E-state index contributed by atoms with van der Waals surface area (Å²) in [5, 5.41) is 3.46. The molecule has 3 aromatic rings. The molecule has 0 aliphatic rings. The third-order valence-corrected chi connectivity index (χ3v) is 4.52. The second kappa shape index (κ2) is 8.52. The molecule has 1 N–H and O–H groups in total. The number of rotatable bonds is 6. The maximum absolute atomic E-state index is 4.63. The molecule has 0 saturated carbocycles. The van der Waals surface area contributed by atoms with E-state index in [-0.39, 0.29) is 0 Å². The lowest BCUT2D eigenvalue weighted by Crippen LogP contribution is -2.39. The van der Waals surface area contributed by atoms with Crippen LogP contribution in [0.5, 0.6) is 0 Å². The van der Waals surface area contributed by atoms with E-state index in [0.29, 0.717) is 0 Å². The van der Waals surface area contributed by atoms with E-state index in [9.17, 15) is 0 Å². The summed E-state index contributed by atoms with van der Waals surface area (Å²) in [4.78, 5) is 11.2. The summed E-state index contributed by atoms with van der Waals surface area (Å²) in [5.74, 6) is 1.98. The van der Waals surface area contributed by atoms with E-state index in [4.69, 9.17) is 0 Å². The minimum Gasteiger partial charge on any atom is -0.356 e. The molecule has 0 fully saturated rings. The van der Waals surface area contributed by atoms with Crippen molar-refractivity contribution < 1.29 is 0 Å². The zero-order valence-corrected chi connectivity index (χ0v) is 15.8. The Kier molecular flexibility index (Phi) is 5.89. The van der Waals surface area contributed by atoms with Crippen LogP contribution in [0.4, 0.5) is 0 Å². The van der Waals surface area contributed by atoms with Gasteiger partial charge in [-0.15, -0.1) is 0 Å². The smallest absolute Gasteiger partial charge is 0.193 e. The third kappa shape index (κ3) is 4.23. The number of hydrogen-bond donors (Lipinski definition) is 1. The average molecular weight is 349 g/mol. The first-order valence-corrected chi connectivity index (χ1v) is 9.06. The van der Waals surface area contributed by atoms with E-state index in [0.717, 1.165) is 43.4 Å². The van der Waals surface area contributed by atoms with E-state index in [2.05, 4.69) is 81.2 Å². The first-order valence-electron chi connectivity index (χ1n) is 9.06. The SMILES string of the molecule is CN=C(NCCCn1c(C)nc2ccccc21)N(C)Cc1ccccc1. The molecule has 0 bridgehead atoms. The first-order chi connectivity index (χ1) is 12.7. The van der Waals surface area contributed by atoms with Crippen molar-refractivity contribution in [3.63, 3.8) is 0 Å². The maximum Gasteiger partial charge on any atom is 0.193 e. The van der Waals surface area contributed by atoms with Gasteiger partial charge >= 0.3 is 0 Å². The van der Waals surface area contributed by atoms with Crippen molar-refractivity contribution in [2.24, 2.45) is 4.99 Å². The lowest BCUT2D eigenvalue weighted by atomic mass is 10.2. The second-order valence-corrected chi connectivity index (χ2v) is 6.47. The van der Waals surface area contributed by atoms with Crippen LogP contribution < -0.4 is 5.32 Å². The van der Waals surface area contributed by atoms with Crippen molar-refractivity contribution in [1.29, 1.82) is 0 Å². The molecular weight excluding hydrogens is 322 g/mol. The Morgan fingerprint density at radius 3 is 2.62 bits per heavy atom. The Morgan fingerprint density at radius 1 is 1.12 bits per heavy atom. The highest BCUT2D eigenvalue weighted by molar-refractivity contribution is 5.79. The van der Waals surface area contributed by atoms with Crippen LogP contribution in [0.25, 0.3) is 11.0 Å². The van der Waals surface area contributed by atoms with Gasteiger partial charge in [-0.3, -0.25) is 4.99 Å². The molecule has 3 rings (SSSR count). The van der Waals surface area contributed by atoms with Crippen molar-refractivity contribution in [3.8, 4) is 0 Å². The van der Waals surface area contributed by atoms with Gasteiger partial charge in [0.15, 0.2) is 5.96 Å². The van der Waals surface area contributed by atoms with E-state index < -0.39 is 0 Å². The van der Waals surface area contributed by atoms with Crippen molar-refractivity contribution >= 4 is 17.0 Å². The Morgan fingerprint density at radius 2 is 1.85 bits per heavy atom. The molecule has 0 atom stereocenters. The predicted molar refractivity (Wildman–Crippen MR) is 108 cm³/mol. The summed E-state index contributed by atoms with van der Waals surface area (Å²) in [5.41, 5.74) is 3.55. The number of hydrogen-bond acceptors (Lipinski definition) is 2. The highest BCUT2D eigenvalue weighted by Gasteiger charge is 2.08. The molecule has 0 unspecified atom stereocenters. The van der Waals surface area contributed by atoms with Gasteiger partial charge in [-0.25, -0.2) is 4.98 Å². The number of aliphatic imine (C=N–C) groups is 1. The number of imidazole rings is 1. The van der Waals surface area contributed by atoms with Gasteiger partial charge in [-0.05, 0) is 31.0 Å². The van der Waals surface area contributed by atoms with Crippen molar-refractivity contribution in [3.05, 3.63) is 66.0 Å². The number of para-hydroxylation sites is 2. The quantitative estimate of drug-likeness (QED) is 0.421. The minimum atomic E-state index is 0.839. The average Bonchev–Trinajstić information content (AvgIpc) is 2.98. The fraction of sp³-hybridized carbons (Fsp3) is 0.333. The molecule has 5 heteroatoms. The van der Waals surface area contributed by atoms with Crippen molar-refractivity contribution in [1.82, 2.24) is 19.8 Å². The van der Waals surface area contributed by atoms with E-state index in [1.54, 1.807) is 0 Å². The first kappa shape index (κ1) is 18.0. The molecule has 0 spiro atoms. The molecule has 0 aliphatic heterocycles. The van der Waals surface area contributed by atoms with E-state index >= 15 is 0 Å². The normalized spacial score (nSPS) is 11.7. The van der Waals surface area contributed by atoms with Gasteiger partial charge < -0.3 is 14.8 Å². The maximum atomic E-state index is 4.63. The molecular formula is C21H27N5. The summed E-state index contributed by atoms with van der Waals surface area (Å²) in [6.45, 7) is 4.72. The van der Waals surface area contributed by atoms with Crippen LogP contribution in [-0.4, -0.2) is 41.1 Å². The van der Waals surface area contributed by atoms with E-state index in [1.165, 1.54) is 11.1 Å². The molecule has 26 heavy (non-hydrogen) atoms. The Bertz CT molecular complexity index is 866. The topological polar surface area (TPSA) is 45.5 Å². The van der Waals surface area contributed by atoms with Crippen LogP contribution in [0.15, 0.2) is 59.6 Å². The highest BCUT2D eigenvalue weighted by Crippen LogP contribution is 2.15. The Labute approximate surface area is 155 Å². The summed E-state index contributed by atoms with van der Waals surface area (Å²) >= 11 is 0. The van der Waals surface area contributed by atoms with Crippen molar-refractivity contribution in [2.45, 2.75) is 26.4 Å². The molecule has 5 nitrogen and oxygen atoms in total. The zero-order chi connectivity index (χ0) is 18.4. The van der Waals surface area contributed by atoms with Crippen LogP contribution in [0, 0.1) is 6.92 Å². The fourth-order valence-electron chi connectivity index (χ4n) is 3.23. The summed E-state index contributed by atoms with van der Waals surface area (Å²) in [6.07, 6.45) is 1.01. The number of nitrogens with zero attached hydrogens (tertiary/aromatic N) is 4. The highest BCUT2D eigenvalue weighted by atomic mass is 15.3. The van der Waals surface area contributed by atoms with Gasteiger partial charge in [0.05, 0.1) is 11.0 Å². The monoisotopic (exact) mass is 349 g/mol. The van der Waals surface area contributed by atoms with Gasteiger partial charge in [0.2, 0.25) is 0 Å². The number of fused-ring (bicyclic) bond motifs is 1. The summed E-state index contributed by atoms with van der Waals surface area (Å²) < 4.78 is 2.29. The predicted octanol–water partition coefficient (Wildman–Crippen LogP) is 3.44. The molecule has 0 aliphatic carbocycles. The molecule has 2 aromatic carbocycles. The van der Waals surface area contributed by atoms with Gasteiger partial charge in [0, 0.05) is 33.7 Å². The van der Waals surface area contributed by atoms with Crippen LogP contribution in [0.2, 0.25) is 0 Å². The molecule has 1 aromatic heterocycles. The van der Waals surface area contributed by atoms with Crippen molar-refractivity contribution in [2.75, 3.05) is 20.6 Å².